The van der Waals surface area contributed by atoms with Crippen LogP contribution in [0.1, 0.15) is 61.8 Å². The van der Waals surface area contributed by atoms with Crippen LogP contribution in [0.4, 0.5) is 19.3 Å². The topological polar surface area (TPSA) is 84.9 Å². The molecular formula is C40H41F2NO5. The third kappa shape index (κ3) is 9.77. The Kier molecular flexibility index (Phi) is 10.9. The summed E-state index contributed by atoms with van der Waals surface area (Å²) in [6.45, 7) is 4.19. The number of aliphatic hydroxyl groups is 1. The fourth-order valence-electron chi connectivity index (χ4n) is 6.18. The van der Waals surface area contributed by atoms with Gasteiger partial charge in [-0.25, -0.2) is 18.4 Å². The number of benzene rings is 4. The number of ether oxygens (including phenoxy) is 2. The van der Waals surface area contributed by atoms with Gasteiger partial charge in [-0.1, -0.05) is 80.6 Å². The maximum absolute atomic E-state index is 13.6. The molecule has 1 aliphatic heterocycles. The second-order valence-electron chi connectivity index (χ2n) is 13.3. The number of aryl methyl sites for hydroxylation is 2. The summed E-state index contributed by atoms with van der Waals surface area (Å²) < 4.78 is 38.6. The normalized spacial score (nSPS) is 14.4. The zero-order valence-corrected chi connectivity index (χ0v) is 27.3. The van der Waals surface area contributed by atoms with Crippen LogP contribution in [0.25, 0.3) is 0 Å². The van der Waals surface area contributed by atoms with Gasteiger partial charge in [-0.2, -0.15) is 0 Å². The molecule has 0 bridgehead atoms. The maximum atomic E-state index is 13.6. The number of nitrogens with one attached hydrogen (secondary N) is 1. The largest absolute Gasteiger partial charge is 0.512 e. The van der Waals surface area contributed by atoms with Crippen molar-refractivity contribution in [1.82, 2.24) is 0 Å². The molecule has 2 N–H and O–H groups in total. The molecule has 0 spiro atoms. The monoisotopic (exact) mass is 653 g/mol. The van der Waals surface area contributed by atoms with E-state index in [0.717, 1.165) is 22.3 Å². The lowest BCUT2D eigenvalue weighted by Crippen LogP contribution is -2.42. The average Bonchev–Trinajstić information content (AvgIpc) is 3.06. The van der Waals surface area contributed by atoms with E-state index in [1.54, 1.807) is 30.3 Å². The number of carbonyl (C=O) groups is 2. The molecule has 1 amide bonds. The fraction of sp³-hybridized carbons (Fsp3) is 0.300. The number of rotatable bonds is 13. The Morgan fingerprint density at radius 2 is 1.40 bits per heavy atom. The first-order valence-electron chi connectivity index (χ1n) is 16.2. The van der Waals surface area contributed by atoms with E-state index in [1.165, 1.54) is 24.3 Å². The number of hydrogen-bond acceptors (Lipinski definition) is 5. The van der Waals surface area contributed by atoms with Gasteiger partial charge < -0.3 is 14.6 Å². The Morgan fingerprint density at radius 3 is 1.98 bits per heavy atom. The lowest BCUT2D eigenvalue weighted by atomic mass is 9.77. The molecule has 0 fully saturated rings. The van der Waals surface area contributed by atoms with Gasteiger partial charge in [0.15, 0.2) is 0 Å². The lowest BCUT2D eigenvalue weighted by molar-refractivity contribution is -0.161. The number of anilines is 1. The summed E-state index contributed by atoms with van der Waals surface area (Å²) in [5, 5.41) is 14.1. The molecule has 0 unspecified atom stereocenters. The molecule has 6 nitrogen and oxygen atoms in total. The van der Waals surface area contributed by atoms with Crippen LogP contribution in [0.2, 0.25) is 0 Å². The third-order valence-electron chi connectivity index (χ3n) is 8.68. The molecule has 0 saturated heterocycles. The molecule has 5 rings (SSSR count). The first-order chi connectivity index (χ1) is 23.0. The van der Waals surface area contributed by atoms with Crippen molar-refractivity contribution in [2.24, 2.45) is 5.41 Å². The number of aliphatic hydroxyl groups excluding tert-OH is 1. The van der Waals surface area contributed by atoms with E-state index in [1.807, 2.05) is 62.4 Å². The predicted octanol–water partition coefficient (Wildman–Crippen LogP) is 9.44. The van der Waals surface area contributed by atoms with E-state index in [4.69, 9.17) is 9.47 Å². The number of amides is 1. The van der Waals surface area contributed by atoms with E-state index in [-0.39, 0.29) is 42.4 Å². The second-order valence-corrected chi connectivity index (χ2v) is 13.3. The molecule has 1 aliphatic rings. The van der Waals surface area contributed by atoms with Gasteiger partial charge in [0.25, 0.3) is 0 Å². The minimum absolute atomic E-state index is 0.00844. The third-order valence-corrected chi connectivity index (χ3v) is 8.68. The second kappa shape index (κ2) is 15.3. The van der Waals surface area contributed by atoms with Crippen molar-refractivity contribution in [3.8, 4) is 0 Å². The number of halogens is 2. The quantitative estimate of drug-likeness (QED) is 0.141. The number of hydrogen-bond donors (Lipinski definition) is 2. The Hall–Kier alpha value is -4.98. The summed E-state index contributed by atoms with van der Waals surface area (Å²) in [5.41, 5.74) is 3.03. The van der Waals surface area contributed by atoms with Crippen molar-refractivity contribution in [2.75, 3.05) is 5.32 Å². The van der Waals surface area contributed by atoms with Gasteiger partial charge in [0.1, 0.15) is 29.6 Å². The highest BCUT2D eigenvalue weighted by Gasteiger charge is 2.42. The van der Waals surface area contributed by atoms with Crippen LogP contribution in [0.5, 0.6) is 0 Å². The lowest BCUT2D eigenvalue weighted by Gasteiger charge is -2.39. The molecule has 0 aliphatic carbocycles. The van der Waals surface area contributed by atoms with Gasteiger partial charge in [0.2, 0.25) is 0 Å². The summed E-state index contributed by atoms with van der Waals surface area (Å²) in [5.74, 6) is -1.20. The first-order valence-corrected chi connectivity index (χ1v) is 16.2. The van der Waals surface area contributed by atoms with Crippen molar-refractivity contribution < 1.29 is 33.0 Å². The van der Waals surface area contributed by atoms with Gasteiger partial charge in [-0.3, -0.25) is 5.32 Å². The molecule has 0 aromatic heterocycles. The minimum Gasteiger partial charge on any atom is -0.512 e. The van der Waals surface area contributed by atoms with Crippen LogP contribution in [0.3, 0.4) is 0 Å². The summed E-state index contributed by atoms with van der Waals surface area (Å²) >= 11 is 0. The summed E-state index contributed by atoms with van der Waals surface area (Å²) in [6, 6.07) is 29.3. The summed E-state index contributed by atoms with van der Waals surface area (Å²) in [4.78, 5) is 26.0. The van der Waals surface area contributed by atoms with E-state index in [0.29, 0.717) is 37.8 Å². The maximum Gasteiger partial charge on any atom is 0.411 e. The van der Waals surface area contributed by atoms with Crippen LogP contribution in [0.15, 0.2) is 114 Å². The predicted molar refractivity (Wildman–Crippen MR) is 181 cm³/mol. The molecule has 250 valence electrons. The minimum atomic E-state index is -0.979. The molecule has 4 aromatic carbocycles. The van der Waals surface area contributed by atoms with Crippen LogP contribution < -0.4 is 5.32 Å². The van der Waals surface area contributed by atoms with Crippen molar-refractivity contribution in [3.63, 3.8) is 0 Å². The Balaban J connectivity index is 1.25. The zero-order chi connectivity index (χ0) is 34.1. The standard InChI is InChI=1S/C40H41F2NO5/c1-39(2,24-31-9-6-10-34(23-31)43-38(46)47-27-30-7-4-3-5-8-30)25-35-36(44)26-40(48-37(35)45,21-19-28-11-15-32(41)16-12-28)22-20-29-13-17-33(42)18-14-29/h3-18,23,44H,19-22,24-27H2,1-2H3,(H,43,46). The van der Waals surface area contributed by atoms with Gasteiger partial charge >= 0.3 is 12.1 Å². The first kappa shape index (κ1) is 34.4. The van der Waals surface area contributed by atoms with Crippen LogP contribution >= 0.6 is 0 Å². The Labute approximate surface area is 280 Å². The molecule has 0 radical (unpaired) electrons. The Morgan fingerprint density at radius 1 is 0.812 bits per heavy atom. The van der Waals surface area contributed by atoms with E-state index in [9.17, 15) is 23.5 Å². The van der Waals surface area contributed by atoms with E-state index in [2.05, 4.69) is 5.32 Å². The Bertz CT molecular complexity index is 1680. The van der Waals surface area contributed by atoms with Crippen molar-refractivity contribution >= 4 is 17.7 Å². The van der Waals surface area contributed by atoms with Gasteiger partial charge in [-0.15, -0.1) is 0 Å². The smallest absolute Gasteiger partial charge is 0.411 e. The van der Waals surface area contributed by atoms with Crippen LogP contribution in [-0.4, -0.2) is 22.8 Å². The zero-order valence-electron chi connectivity index (χ0n) is 27.3. The van der Waals surface area contributed by atoms with E-state index < -0.39 is 23.1 Å². The van der Waals surface area contributed by atoms with Crippen molar-refractivity contribution in [2.45, 2.75) is 71.0 Å². The molecule has 0 saturated carbocycles. The molecule has 48 heavy (non-hydrogen) atoms. The van der Waals surface area contributed by atoms with E-state index >= 15 is 0 Å². The van der Waals surface area contributed by atoms with Crippen molar-refractivity contribution in [3.05, 3.63) is 148 Å². The number of cyclic esters (lactones) is 1. The molecule has 8 heteroatoms. The summed E-state index contributed by atoms with van der Waals surface area (Å²) in [7, 11) is 0. The highest BCUT2D eigenvalue weighted by Crippen LogP contribution is 2.41. The summed E-state index contributed by atoms with van der Waals surface area (Å²) in [6.07, 6.45) is 2.34. The van der Waals surface area contributed by atoms with Crippen LogP contribution in [0, 0.1) is 17.0 Å². The fourth-order valence-corrected chi connectivity index (χ4v) is 6.18. The van der Waals surface area contributed by atoms with Crippen LogP contribution in [-0.2, 0) is 40.1 Å². The molecular weight excluding hydrogens is 612 g/mol. The highest BCUT2D eigenvalue weighted by atomic mass is 19.1. The molecule has 1 heterocycles. The molecule has 4 aromatic rings. The van der Waals surface area contributed by atoms with Crippen molar-refractivity contribution in [1.29, 1.82) is 0 Å². The number of carbonyl (C=O) groups excluding carboxylic acids is 2. The average molecular weight is 654 g/mol. The highest BCUT2D eigenvalue weighted by molar-refractivity contribution is 5.90. The SMILES string of the molecule is CC(C)(CC1=C(O)CC(CCc2ccc(F)cc2)(CCc2ccc(F)cc2)OC1=O)Cc1cccc(NC(=O)OCc2ccccc2)c1. The van der Waals surface area contributed by atoms with Gasteiger partial charge in [-0.05, 0) is 103 Å². The van der Waals surface area contributed by atoms with Gasteiger partial charge in [0.05, 0.1) is 5.57 Å². The van der Waals surface area contributed by atoms with Gasteiger partial charge in [0, 0.05) is 12.1 Å². The molecule has 0 atom stereocenters. The number of esters is 1.